The van der Waals surface area contributed by atoms with Crippen molar-refractivity contribution < 1.29 is 19.6 Å². The Morgan fingerprint density at radius 2 is 2.00 bits per heavy atom. The van der Waals surface area contributed by atoms with E-state index in [1.54, 1.807) is 20.3 Å². The summed E-state index contributed by atoms with van der Waals surface area (Å²) in [5, 5.41) is 4.86. The Morgan fingerprint density at radius 3 is 2.67 bits per heavy atom. The fourth-order valence-electron chi connectivity index (χ4n) is 2.30. The van der Waals surface area contributed by atoms with E-state index in [1.165, 1.54) is 0 Å². The van der Waals surface area contributed by atoms with Gasteiger partial charge in [-0.1, -0.05) is 6.07 Å². The average molecular weight is 394 g/mol. The summed E-state index contributed by atoms with van der Waals surface area (Å²) in [7, 11) is 3.24. The highest BCUT2D eigenvalue weighted by molar-refractivity contribution is 9.10. The van der Waals surface area contributed by atoms with Crippen LogP contribution in [0.25, 0.3) is 0 Å². The van der Waals surface area contributed by atoms with Crippen molar-refractivity contribution in [2.45, 2.75) is 13.0 Å². The number of halogens is 1. The van der Waals surface area contributed by atoms with Crippen LogP contribution < -0.4 is 20.1 Å². The van der Waals surface area contributed by atoms with E-state index in [1.807, 2.05) is 41.7 Å². The number of nitrogens with one attached hydrogen (secondary N) is 1. The number of hydrogen-bond donors (Lipinski definition) is 2. The van der Waals surface area contributed by atoms with Crippen molar-refractivity contribution in [3.8, 4) is 11.5 Å². The first-order valence-corrected chi connectivity index (χ1v) is 8.43. The highest BCUT2D eigenvalue weighted by Crippen LogP contribution is 2.27. The van der Waals surface area contributed by atoms with E-state index in [0.29, 0.717) is 12.3 Å². The van der Waals surface area contributed by atoms with Crippen molar-refractivity contribution in [2.24, 2.45) is 0 Å². The first-order valence-electron chi connectivity index (χ1n) is 7.64. The quantitative estimate of drug-likeness (QED) is 0.759. The molecular formula is C18H22BrN2O3+. The third kappa shape index (κ3) is 4.97. The van der Waals surface area contributed by atoms with E-state index in [9.17, 15) is 4.79 Å². The van der Waals surface area contributed by atoms with Gasteiger partial charge in [0.15, 0.2) is 6.54 Å². The minimum atomic E-state index is -0.0531. The summed E-state index contributed by atoms with van der Waals surface area (Å²) in [4.78, 5) is 12.1. The maximum absolute atomic E-state index is 12.1. The largest absolute Gasteiger partial charge is 0.497 e. The van der Waals surface area contributed by atoms with Gasteiger partial charge in [-0.15, -0.1) is 0 Å². The lowest BCUT2D eigenvalue weighted by atomic mass is 10.1. The number of carbonyl (C=O) groups is 1. The van der Waals surface area contributed by atoms with Gasteiger partial charge >= 0.3 is 0 Å². The van der Waals surface area contributed by atoms with Crippen LogP contribution in [0, 0.1) is 0 Å². The normalized spacial score (nSPS) is 11.7. The van der Waals surface area contributed by atoms with Gasteiger partial charge in [0, 0.05) is 17.3 Å². The Labute approximate surface area is 150 Å². The molecule has 2 rings (SSSR count). The van der Waals surface area contributed by atoms with Gasteiger partial charge in [0.25, 0.3) is 5.91 Å². The average Bonchev–Trinajstić information content (AvgIpc) is 2.59. The molecule has 0 radical (unpaired) electrons. The van der Waals surface area contributed by atoms with E-state index in [4.69, 9.17) is 9.47 Å². The van der Waals surface area contributed by atoms with Gasteiger partial charge < -0.3 is 20.1 Å². The van der Waals surface area contributed by atoms with Crippen LogP contribution in [0.5, 0.6) is 11.5 Å². The Bertz CT molecular complexity index is 706. The van der Waals surface area contributed by atoms with Crippen molar-refractivity contribution >= 4 is 27.5 Å². The smallest absolute Gasteiger partial charge is 0.279 e. The molecule has 0 aromatic heterocycles. The Balaban J connectivity index is 1.89. The number of anilines is 1. The summed E-state index contributed by atoms with van der Waals surface area (Å²) in [5.74, 6) is 1.46. The fourth-order valence-corrected chi connectivity index (χ4v) is 2.86. The standard InChI is InChI=1S/C18H21BrN2O3/c1-12(13-7-8-17(24-3)16(19)9-13)20-11-18(22)21-14-5-4-6-15(10-14)23-2/h4-10,12,20H,11H2,1-3H3,(H,21,22)/p+1/t12-/m0/s1. The van der Waals surface area contributed by atoms with Gasteiger partial charge in [-0.25, -0.2) is 0 Å². The molecule has 0 unspecified atom stereocenters. The summed E-state index contributed by atoms with van der Waals surface area (Å²) in [6.07, 6.45) is 0. The molecule has 128 valence electrons. The molecule has 0 aliphatic heterocycles. The second-order valence-corrected chi connectivity index (χ2v) is 6.26. The van der Waals surface area contributed by atoms with Gasteiger partial charge in [0.2, 0.25) is 0 Å². The minimum Gasteiger partial charge on any atom is -0.497 e. The van der Waals surface area contributed by atoms with E-state index in [0.717, 1.165) is 21.5 Å². The topological polar surface area (TPSA) is 64.2 Å². The number of quaternary nitrogens is 1. The van der Waals surface area contributed by atoms with E-state index < -0.39 is 0 Å². The summed E-state index contributed by atoms with van der Waals surface area (Å²) in [5.41, 5.74) is 1.85. The third-order valence-electron chi connectivity index (χ3n) is 3.71. The van der Waals surface area contributed by atoms with E-state index in [2.05, 4.69) is 28.2 Å². The lowest BCUT2D eigenvalue weighted by molar-refractivity contribution is -0.682. The van der Waals surface area contributed by atoms with Crippen molar-refractivity contribution in [2.75, 3.05) is 26.1 Å². The molecule has 2 aromatic carbocycles. The Hall–Kier alpha value is -2.05. The SMILES string of the molecule is COc1cccc(NC(=O)C[NH2+][C@@H](C)c2ccc(OC)c(Br)c2)c1. The first-order chi connectivity index (χ1) is 11.5. The number of rotatable bonds is 7. The number of nitrogens with two attached hydrogens (primary N) is 1. The van der Waals surface area contributed by atoms with Gasteiger partial charge in [-0.3, -0.25) is 4.79 Å². The molecular weight excluding hydrogens is 372 g/mol. The molecule has 0 bridgehead atoms. The van der Waals surface area contributed by atoms with Crippen molar-refractivity contribution in [1.82, 2.24) is 0 Å². The van der Waals surface area contributed by atoms with Crippen LogP contribution in [0.15, 0.2) is 46.9 Å². The zero-order chi connectivity index (χ0) is 17.5. The van der Waals surface area contributed by atoms with Crippen molar-refractivity contribution in [3.63, 3.8) is 0 Å². The summed E-state index contributed by atoms with van der Waals surface area (Å²) >= 11 is 3.48. The molecule has 0 fully saturated rings. The highest BCUT2D eigenvalue weighted by atomic mass is 79.9. The van der Waals surface area contributed by atoms with Crippen LogP contribution in [0.4, 0.5) is 5.69 Å². The predicted molar refractivity (Wildman–Crippen MR) is 97.5 cm³/mol. The van der Waals surface area contributed by atoms with Gasteiger partial charge in [-0.05, 0) is 53.2 Å². The van der Waals surface area contributed by atoms with Crippen LogP contribution in [-0.2, 0) is 4.79 Å². The van der Waals surface area contributed by atoms with Crippen LogP contribution in [0.1, 0.15) is 18.5 Å². The summed E-state index contributed by atoms with van der Waals surface area (Å²) in [6, 6.07) is 13.4. The number of benzene rings is 2. The third-order valence-corrected chi connectivity index (χ3v) is 4.33. The maximum Gasteiger partial charge on any atom is 0.279 e. The molecule has 0 saturated heterocycles. The molecule has 3 N–H and O–H groups in total. The molecule has 1 atom stereocenters. The molecule has 0 spiro atoms. The van der Waals surface area contributed by atoms with E-state index >= 15 is 0 Å². The molecule has 1 amide bonds. The second-order valence-electron chi connectivity index (χ2n) is 5.40. The van der Waals surface area contributed by atoms with Crippen LogP contribution in [0.3, 0.4) is 0 Å². The van der Waals surface area contributed by atoms with Crippen LogP contribution in [-0.4, -0.2) is 26.7 Å². The first kappa shape index (κ1) is 18.3. The highest BCUT2D eigenvalue weighted by Gasteiger charge is 2.13. The number of hydrogen-bond acceptors (Lipinski definition) is 3. The van der Waals surface area contributed by atoms with E-state index in [-0.39, 0.29) is 11.9 Å². The van der Waals surface area contributed by atoms with Crippen molar-refractivity contribution in [3.05, 3.63) is 52.5 Å². The predicted octanol–water partition coefficient (Wildman–Crippen LogP) is 2.73. The number of methoxy groups -OCH3 is 2. The molecule has 5 nitrogen and oxygen atoms in total. The molecule has 0 aliphatic carbocycles. The molecule has 6 heteroatoms. The van der Waals surface area contributed by atoms with Gasteiger partial charge in [0.1, 0.15) is 17.5 Å². The maximum atomic E-state index is 12.1. The lowest BCUT2D eigenvalue weighted by Crippen LogP contribution is -2.86. The summed E-state index contributed by atoms with van der Waals surface area (Å²) < 4.78 is 11.3. The van der Waals surface area contributed by atoms with Gasteiger partial charge in [-0.2, -0.15) is 0 Å². The second kappa shape index (κ2) is 8.70. The van der Waals surface area contributed by atoms with Crippen molar-refractivity contribution in [1.29, 1.82) is 0 Å². The molecule has 24 heavy (non-hydrogen) atoms. The number of ether oxygens (including phenoxy) is 2. The zero-order valence-electron chi connectivity index (χ0n) is 14.0. The molecule has 0 aliphatic rings. The number of amides is 1. The minimum absolute atomic E-state index is 0.0531. The zero-order valence-corrected chi connectivity index (χ0v) is 15.6. The molecule has 2 aromatic rings. The molecule has 0 heterocycles. The lowest BCUT2D eigenvalue weighted by Gasteiger charge is -2.13. The number of carbonyl (C=O) groups excluding carboxylic acids is 1. The fraction of sp³-hybridized carbons (Fsp3) is 0.278. The summed E-state index contributed by atoms with van der Waals surface area (Å²) in [6.45, 7) is 2.40. The Kier molecular flexibility index (Phi) is 6.63. The van der Waals surface area contributed by atoms with Gasteiger partial charge in [0.05, 0.1) is 18.7 Å². The van der Waals surface area contributed by atoms with Crippen LogP contribution in [0.2, 0.25) is 0 Å². The van der Waals surface area contributed by atoms with Crippen LogP contribution >= 0.6 is 15.9 Å². The monoisotopic (exact) mass is 393 g/mol. The Morgan fingerprint density at radius 1 is 1.21 bits per heavy atom. The molecule has 0 saturated carbocycles.